The molecule has 0 aliphatic rings. The minimum atomic E-state index is -5.05. The first kappa shape index (κ1) is 28.0. The zero-order chi connectivity index (χ0) is 22.0. The third kappa shape index (κ3) is 6.89. The molecule has 33 heavy (non-hydrogen) atoms. The molecule has 0 atom stereocenters. The second-order valence-electron chi connectivity index (χ2n) is 6.58. The fraction of sp³-hybridized carbons (Fsp3) is 0.158. The van der Waals surface area contributed by atoms with Gasteiger partial charge >= 0.3 is 59.1 Å². The van der Waals surface area contributed by atoms with Crippen molar-refractivity contribution in [2.75, 3.05) is 6.61 Å². The maximum Gasteiger partial charge on any atom is 1.00 e. The van der Waals surface area contributed by atoms with Crippen molar-refractivity contribution in [3.8, 4) is 34.0 Å². The number of phosphoric acid groups is 1. The van der Waals surface area contributed by atoms with Crippen LogP contribution < -0.4 is 68.9 Å². The van der Waals surface area contributed by atoms with Crippen molar-refractivity contribution in [1.82, 2.24) is 29.5 Å². The second-order valence-corrected chi connectivity index (χ2v) is 7.73. The van der Waals surface area contributed by atoms with Gasteiger partial charge in [0.15, 0.2) is 5.82 Å². The van der Waals surface area contributed by atoms with Gasteiger partial charge in [-0.2, -0.15) is 0 Å². The van der Waals surface area contributed by atoms with Gasteiger partial charge in [-0.15, -0.1) is 5.10 Å². The van der Waals surface area contributed by atoms with Crippen LogP contribution in [0.2, 0.25) is 0 Å². The molecule has 0 aliphatic carbocycles. The molecule has 3 heterocycles. The van der Waals surface area contributed by atoms with Gasteiger partial charge in [-0.3, -0.25) is 4.98 Å². The summed E-state index contributed by atoms with van der Waals surface area (Å²) in [6, 6.07) is 9.69. The number of hydrogen-bond acceptors (Lipinski definition) is 8. The van der Waals surface area contributed by atoms with Crippen molar-refractivity contribution in [2.45, 2.75) is 6.54 Å². The first-order valence-electron chi connectivity index (χ1n) is 9.12. The fourth-order valence-electron chi connectivity index (χ4n) is 3.13. The predicted octanol–water partition coefficient (Wildman–Crippen LogP) is -4.60. The summed E-state index contributed by atoms with van der Waals surface area (Å²) < 4.78 is 31.4. The molecular weight excluding hydrogens is 472 g/mol. The summed E-state index contributed by atoms with van der Waals surface area (Å²) in [5, 5.41) is 8.02. The maximum atomic E-state index is 13.4. The molecule has 0 amide bonds. The van der Waals surface area contributed by atoms with Crippen molar-refractivity contribution < 1.29 is 82.4 Å². The monoisotopic (exact) mass is 488 g/mol. The van der Waals surface area contributed by atoms with Crippen LogP contribution in [-0.2, 0) is 22.7 Å². The number of aromatic nitrogens is 6. The molecular formula is C19H16FN6Na2O4P. The SMILES string of the molecule is Cn1c(-c2cn(CCOP(=O)([O-])[O-])nn2)nc(-c2ccc(F)cc2)c1-c1ccncc1.[Na+].[Na+]. The van der Waals surface area contributed by atoms with E-state index in [-0.39, 0.29) is 78.1 Å². The molecule has 0 spiro atoms. The van der Waals surface area contributed by atoms with Crippen LogP contribution in [0.15, 0.2) is 55.0 Å². The topological polar surface area (TPSA) is 134 Å². The number of hydrogen-bond donors (Lipinski definition) is 0. The Kier molecular flexibility index (Phi) is 10.1. The molecule has 3 aromatic heterocycles. The van der Waals surface area contributed by atoms with Crippen LogP contribution in [0.1, 0.15) is 0 Å². The molecule has 0 saturated carbocycles. The van der Waals surface area contributed by atoms with Gasteiger partial charge in [-0.05, 0) is 36.4 Å². The Hall–Kier alpha value is -1.24. The molecule has 4 aromatic rings. The molecule has 0 fully saturated rings. The number of imidazole rings is 1. The Balaban J connectivity index is 0.00000193. The number of benzene rings is 1. The van der Waals surface area contributed by atoms with E-state index in [0.717, 1.165) is 16.8 Å². The van der Waals surface area contributed by atoms with Gasteiger partial charge in [0, 0.05) is 30.6 Å². The smallest absolute Gasteiger partial charge is 0.790 e. The average Bonchev–Trinajstić information content (AvgIpc) is 3.32. The summed E-state index contributed by atoms with van der Waals surface area (Å²) in [5.74, 6) is 0.146. The largest absolute Gasteiger partial charge is 1.00 e. The first-order valence-corrected chi connectivity index (χ1v) is 10.6. The molecule has 4 rings (SSSR count). The molecule has 160 valence electrons. The average molecular weight is 488 g/mol. The molecule has 0 saturated heterocycles. The van der Waals surface area contributed by atoms with Gasteiger partial charge in [0.05, 0.1) is 38.6 Å². The van der Waals surface area contributed by atoms with E-state index in [0.29, 0.717) is 17.2 Å². The van der Waals surface area contributed by atoms with Crippen molar-refractivity contribution in [3.05, 3.63) is 60.8 Å². The maximum absolute atomic E-state index is 13.4. The summed E-state index contributed by atoms with van der Waals surface area (Å²) in [4.78, 5) is 29.9. The van der Waals surface area contributed by atoms with Crippen LogP contribution in [-0.4, -0.2) is 36.1 Å². The van der Waals surface area contributed by atoms with E-state index in [1.165, 1.54) is 16.8 Å². The molecule has 10 nitrogen and oxygen atoms in total. The molecule has 0 unspecified atom stereocenters. The molecule has 0 bridgehead atoms. The summed E-state index contributed by atoms with van der Waals surface area (Å²) in [6.07, 6.45) is 4.89. The number of phosphoric ester groups is 1. The summed E-state index contributed by atoms with van der Waals surface area (Å²) in [6.45, 7) is -0.329. The van der Waals surface area contributed by atoms with E-state index in [1.807, 2.05) is 23.7 Å². The Morgan fingerprint density at radius 3 is 2.36 bits per heavy atom. The normalized spacial score (nSPS) is 11.0. The fourth-order valence-corrected chi connectivity index (χ4v) is 3.44. The van der Waals surface area contributed by atoms with Gasteiger partial charge in [-0.1, -0.05) is 5.21 Å². The van der Waals surface area contributed by atoms with E-state index in [9.17, 15) is 18.7 Å². The Labute approximate surface area is 233 Å². The zero-order valence-corrected chi connectivity index (χ0v) is 23.1. The van der Waals surface area contributed by atoms with Gasteiger partial charge in [0.1, 0.15) is 11.5 Å². The van der Waals surface area contributed by atoms with Gasteiger partial charge in [0.25, 0.3) is 0 Å². The van der Waals surface area contributed by atoms with Crippen molar-refractivity contribution >= 4 is 7.82 Å². The molecule has 0 aliphatic heterocycles. The van der Waals surface area contributed by atoms with Crippen molar-refractivity contribution in [2.24, 2.45) is 7.05 Å². The van der Waals surface area contributed by atoms with E-state index in [4.69, 9.17) is 4.98 Å². The van der Waals surface area contributed by atoms with Crippen LogP contribution in [0.3, 0.4) is 0 Å². The van der Waals surface area contributed by atoms with E-state index < -0.39 is 7.82 Å². The van der Waals surface area contributed by atoms with Crippen LogP contribution in [0, 0.1) is 5.82 Å². The second kappa shape index (κ2) is 11.9. The van der Waals surface area contributed by atoms with Gasteiger partial charge < -0.3 is 23.4 Å². The van der Waals surface area contributed by atoms with Crippen molar-refractivity contribution in [3.63, 3.8) is 0 Å². The van der Waals surface area contributed by atoms with Crippen molar-refractivity contribution in [1.29, 1.82) is 0 Å². The first-order chi connectivity index (χ1) is 14.8. The standard InChI is InChI=1S/C19H18FN6O4P.2Na/c1-25-18(14-6-8-21-9-7-14)17(13-2-4-15(20)5-3-13)22-19(25)16-12-26(24-23-16)10-11-30-31(27,28)29;;/h2-9,12H,10-11H2,1H3,(H2,27,28,29);;/q;2*+1/p-2. The molecule has 1 aromatic carbocycles. The molecule has 0 N–H and O–H groups in total. The minimum absolute atomic E-state index is 0. The quantitative estimate of drug-likeness (QED) is 0.188. The molecule has 14 heteroatoms. The van der Waals surface area contributed by atoms with Crippen LogP contribution >= 0.6 is 7.82 Å². The Bertz CT molecular complexity index is 1250. The van der Waals surface area contributed by atoms with Crippen LogP contribution in [0.25, 0.3) is 34.0 Å². The number of pyridine rings is 1. The van der Waals surface area contributed by atoms with E-state index in [1.54, 1.807) is 30.7 Å². The third-order valence-corrected chi connectivity index (χ3v) is 5.00. The van der Waals surface area contributed by atoms with E-state index in [2.05, 4.69) is 19.8 Å². The minimum Gasteiger partial charge on any atom is -0.790 e. The van der Waals surface area contributed by atoms with Gasteiger partial charge in [0.2, 0.25) is 0 Å². The van der Waals surface area contributed by atoms with Crippen LogP contribution in [0.4, 0.5) is 4.39 Å². The third-order valence-electron chi connectivity index (χ3n) is 4.50. The van der Waals surface area contributed by atoms with Crippen LogP contribution in [0.5, 0.6) is 0 Å². The molecule has 0 radical (unpaired) electrons. The number of rotatable bonds is 7. The number of halogens is 1. The predicted molar refractivity (Wildman–Crippen MR) is 104 cm³/mol. The number of nitrogens with zero attached hydrogens (tertiary/aromatic N) is 6. The summed E-state index contributed by atoms with van der Waals surface area (Å²) in [5.41, 5.74) is 3.41. The van der Waals surface area contributed by atoms with Gasteiger partial charge in [-0.25, -0.2) is 14.1 Å². The summed E-state index contributed by atoms with van der Waals surface area (Å²) in [7, 11) is -3.23. The Morgan fingerprint density at radius 1 is 1.06 bits per heavy atom. The van der Waals surface area contributed by atoms with E-state index >= 15 is 0 Å². The zero-order valence-electron chi connectivity index (χ0n) is 18.3. The summed E-state index contributed by atoms with van der Waals surface area (Å²) >= 11 is 0. The Morgan fingerprint density at radius 2 is 1.73 bits per heavy atom.